The molecule has 2 aromatic rings. The molecule has 1 aliphatic heterocycles. The lowest BCUT2D eigenvalue weighted by Gasteiger charge is -2.25. The van der Waals surface area contributed by atoms with Gasteiger partial charge in [0.2, 0.25) is 10.0 Å². The molecule has 0 radical (unpaired) electrons. The SMILES string of the molecule is O=C(Nc1ccccc1I)c1ccc(S(=O)(=O)N2CCCCC2)cc1. The van der Waals surface area contributed by atoms with Gasteiger partial charge in [0.1, 0.15) is 0 Å². The van der Waals surface area contributed by atoms with E-state index in [9.17, 15) is 13.2 Å². The second-order valence-electron chi connectivity index (χ2n) is 5.92. The molecule has 1 N–H and O–H groups in total. The molecular weight excluding hydrogens is 451 g/mol. The molecule has 7 heteroatoms. The van der Waals surface area contributed by atoms with Crippen LogP contribution >= 0.6 is 22.6 Å². The first-order valence-electron chi connectivity index (χ1n) is 8.14. The number of carbonyl (C=O) groups excluding carboxylic acids is 1. The van der Waals surface area contributed by atoms with Crippen LogP contribution in [0.5, 0.6) is 0 Å². The maximum absolute atomic E-state index is 12.6. The molecule has 0 saturated carbocycles. The van der Waals surface area contributed by atoms with Crippen LogP contribution in [0.2, 0.25) is 0 Å². The van der Waals surface area contributed by atoms with Crippen molar-refractivity contribution >= 4 is 44.2 Å². The fourth-order valence-electron chi connectivity index (χ4n) is 2.79. The number of hydrogen-bond acceptors (Lipinski definition) is 3. The Morgan fingerprint density at radius 1 is 0.960 bits per heavy atom. The highest BCUT2D eigenvalue weighted by molar-refractivity contribution is 14.1. The molecule has 25 heavy (non-hydrogen) atoms. The van der Waals surface area contributed by atoms with E-state index in [1.54, 1.807) is 12.1 Å². The van der Waals surface area contributed by atoms with E-state index >= 15 is 0 Å². The van der Waals surface area contributed by atoms with Crippen LogP contribution in [-0.2, 0) is 10.0 Å². The number of sulfonamides is 1. The molecule has 132 valence electrons. The zero-order valence-corrected chi connectivity index (χ0v) is 16.6. The van der Waals surface area contributed by atoms with Crippen molar-refractivity contribution in [2.45, 2.75) is 24.2 Å². The Hall–Kier alpha value is -1.45. The van der Waals surface area contributed by atoms with Crippen LogP contribution in [-0.4, -0.2) is 31.7 Å². The predicted molar refractivity (Wildman–Crippen MR) is 106 cm³/mol. The van der Waals surface area contributed by atoms with Gasteiger partial charge in [0, 0.05) is 22.2 Å². The molecule has 1 heterocycles. The highest BCUT2D eigenvalue weighted by atomic mass is 127. The maximum Gasteiger partial charge on any atom is 0.255 e. The molecule has 1 saturated heterocycles. The van der Waals surface area contributed by atoms with Crippen molar-refractivity contribution in [3.05, 3.63) is 57.7 Å². The molecule has 0 unspecified atom stereocenters. The van der Waals surface area contributed by atoms with Gasteiger partial charge in [-0.05, 0) is 71.8 Å². The summed E-state index contributed by atoms with van der Waals surface area (Å²) in [5, 5.41) is 2.84. The minimum absolute atomic E-state index is 0.236. The number of benzene rings is 2. The zero-order chi connectivity index (χ0) is 17.9. The Morgan fingerprint density at radius 3 is 2.24 bits per heavy atom. The van der Waals surface area contributed by atoms with Gasteiger partial charge in [0.15, 0.2) is 0 Å². The van der Waals surface area contributed by atoms with Crippen molar-refractivity contribution in [3.8, 4) is 0 Å². The number of para-hydroxylation sites is 1. The second kappa shape index (κ2) is 7.84. The van der Waals surface area contributed by atoms with Gasteiger partial charge in [0.25, 0.3) is 5.91 Å². The number of nitrogens with one attached hydrogen (secondary N) is 1. The first-order valence-corrected chi connectivity index (χ1v) is 10.7. The lowest BCUT2D eigenvalue weighted by Crippen LogP contribution is -2.35. The molecule has 0 spiro atoms. The van der Waals surface area contributed by atoms with E-state index in [-0.39, 0.29) is 10.8 Å². The Bertz CT molecular complexity index is 860. The third-order valence-corrected chi connectivity index (χ3v) is 7.04. The Morgan fingerprint density at radius 2 is 1.60 bits per heavy atom. The Kier molecular flexibility index (Phi) is 5.75. The zero-order valence-electron chi connectivity index (χ0n) is 13.6. The van der Waals surface area contributed by atoms with Crippen LogP contribution in [0, 0.1) is 3.57 Å². The summed E-state index contributed by atoms with van der Waals surface area (Å²) >= 11 is 2.15. The van der Waals surface area contributed by atoms with Gasteiger partial charge in [-0.1, -0.05) is 18.6 Å². The van der Waals surface area contributed by atoms with Crippen molar-refractivity contribution in [2.75, 3.05) is 18.4 Å². The number of rotatable bonds is 4. The first-order chi connectivity index (χ1) is 12.0. The van der Waals surface area contributed by atoms with Crippen molar-refractivity contribution in [1.82, 2.24) is 4.31 Å². The van der Waals surface area contributed by atoms with Gasteiger partial charge < -0.3 is 5.32 Å². The van der Waals surface area contributed by atoms with Gasteiger partial charge in [-0.3, -0.25) is 4.79 Å². The van der Waals surface area contributed by atoms with Gasteiger partial charge >= 0.3 is 0 Å². The molecule has 3 rings (SSSR count). The highest BCUT2D eigenvalue weighted by Gasteiger charge is 2.25. The fourth-order valence-corrected chi connectivity index (χ4v) is 4.83. The maximum atomic E-state index is 12.6. The number of hydrogen-bond donors (Lipinski definition) is 1. The lowest BCUT2D eigenvalue weighted by molar-refractivity contribution is 0.102. The van der Waals surface area contributed by atoms with Crippen LogP contribution in [0.1, 0.15) is 29.6 Å². The number of halogens is 1. The van der Waals surface area contributed by atoms with Crippen molar-refractivity contribution in [3.63, 3.8) is 0 Å². The van der Waals surface area contributed by atoms with Crippen LogP contribution in [0.3, 0.4) is 0 Å². The molecule has 0 bridgehead atoms. The average Bonchev–Trinajstić information content (AvgIpc) is 2.64. The van der Waals surface area contributed by atoms with Crippen molar-refractivity contribution in [2.24, 2.45) is 0 Å². The topological polar surface area (TPSA) is 66.5 Å². The molecule has 0 aromatic heterocycles. The van der Waals surface area contributed by atoms with E-state index in [2.05, 4.69) is 27.9 Å². The first kappa shape index (κ1) is 18.3. The summed E-state index contributed by atoms with van der Waals surface area (Å²) in [5.41, 5.74) is 1.16. The number of piperidine rings is 1. The number of anilines is 1. The fraction of sp³-hybridized carbons (Fsp3) is 0.278. The predicted octanol–water partition coefficient (Wildman–Crippen LogP) is 3.72. The Balaban J connectivity index is 1.75. The van der Waals surface area contributed by atoms with E-state index in [1.807, 2.05) is 24.3 Å². The largest absolute Gasteiger partial charge is 0.321 e. The quantitative estimate of drug-likeness (QED) is 0.693. The van der Waals surface area contributed by atoms with E-state index in [0.29, 0.717) is 18.7 Å². The summed E-state index contributed by atoms with van der Waals surface area (Å²) in [6.45, 7) is 1.13. The standard InChI is InChI=1S/C18H19IN2O3S/c19-16-6-2-3-7-17(16)20-18(22)14-8-10-15(11-9-14)25(23,24)21-12-4-1-5-13-21/h2-3,6-11H,1,4-5,12-13H2,(H,20,22). The van der Waals surface area contributed by atoms with Gasteiger partial charge in [-0.2, -0.15) is 4.31 Å². The van der Waals surface area contributed by atoms with Crippen LogP contribution in [0.25, 0.3) is 0 Å². The lowest BCUT2D eigenvalue weighted by atomic mass is 10.2. The molecular formula is C18H19IN2O3S. The summed E-state index contributed by atoms with van der Waals surface area (Å²) in [7, 11) is -3.47. The summed E-state index contributed by atoms with van der Waals surface area (Å²) in [6.07, 6.45) is 2.87. The second-order valence-corrected chi connectivity index (χ2v) is 9.02. The number of amides is 1. The van der Waals surface area contributed by atoms with E-state index in [1.165, 1.54) is 16.4 Å². The summed E-state index contributed by atoms with van der Waals surface area (Å²) in [6, 6.07) is 13.6. The van der Waals surface area contributed by atoms with Gasteiger partial charge in [-0.15, -0.1) is 0 Å². The van der Waals surface area contributed by atoms with Crippen LogP contribution in [0.4, 0.5) is 5.69 Å². The van der Waals surface area contributed by atoms with Gasteiger partial charge in [0.05, 0.1) is 10.6 Å². The van der Waals surface area contributed by atoms with Crippen LogP contribution < -0.4 is 5.32 Å². The molecule has 0 atom stereocenters. The molecule has 2 aromatic carbocycles. The van der Waals surface area contributed by atoms with Crippen molar-refractivity contribution in [1.29, 1.82) is 0 Å². The molecule has 5 nitrogen and oxygen atoms in total. The van der Waals surface area contributed by atoms with Crippen molar-refractivity contribution < 1.29 is 13.2 Å². The molecule has 1 amide bonds. The number of carbonyl (C=O) groups is 1. The smallest absolute Gasteiger partial charge is 0.255 e. The molecule has 1 fully saturated rings. The third-order valence-electron chi connectivity index (χ3n) is 4.19. The monoisotopic (exact) mass is 470 g/mol. The molecule has 1 aliphatic rings. The third kappa shape index (κ3) is 4.21. The minimum Gasteiger partial charge on any atom is -0.321 e. The van der Waals surface area contributed by atoms with E-state index in [4.69, 9.17) is 0 Å². The summed E-state index contributed by atoms with van der Waals surface area (Å²) < 4.78 is 27.7. The van der Waals surface area contributed by atoms with E-state index < -0.39 is 10.0 Å². The Labute approximate surface area is 161 Å². The number of nitrogens with zero attached hydrogens (tertiary/aromatic N) is 1. The average molecular weight is 470 g/mol. The molecule has 0 aliphatic carbocycles. The minimum atomic E-state index is -3.47. The summed E-state index contributed by atoms with van der Waals surface area (Å²) in [4.78, 5) is 12.6. The van der Waals surface area contributed by atoms with E-state index in [0.717, 1.165) is 28.5 Å². The highest BCUT2D eigenvalue weighted by Crippen LogP contribution is 2.22. The van der Waals surface area contributed by atoms with Gasteiger partial charge in [-0.25, -0.2) is 8.42 Å². The summed E-state index contributed by atoms with van der Waals surface area (Å²) in [5.74, 6) is -0.258. The van der Waals surface area contributed by atoms with Crippen LogP contribution in [0.15, 0.2) is 53.4 Å². The normalized spacial score (nSPS) is 15.7.